The fraction of sp³-hybridized carbons (Fsp3) is 0.130. The molecule has 2 aromatic heterocycles. The molecule has 10 heteroatoms. The average Bonchev–Trinajstić information content (AvgIpc) is 3.39. The SMILES string of the molecule is Cn1cc(C(Nc2cccc(-c3nc(Nc4ccc(N)c(C=N)c4Cl)no3)c2)=C2CC2)cn1. The molecule has 0 aliphatic heterocycles. The largest absolute Gasteiger partial charge is 0.398 e. The lowest BCUT2D eigenvalue weighted by Gasteiger charge is -2.10. The van der Waals surface area contributed by atoms with Crippen LogP contribution in [0.25, 0.3) is 17.2 Å². The number of nitrogen functional groups attached to an aromatic ring is 1. The van der Waals surface area contributed by atoms with Gasteiger partial charge in [0.25, 0.3) is 11.8 Å². The van der Waals surface area contributed by atoms with E-state index >= 15 is 0 Å². The molecule has 1 aliphatic carbocycles. The van der Waals surface area contributed by atoms with Crippen molar-refractivity contribution in [3.8, 4) is 11.5 Å². The zero-order valence-corrected chi connectivity index (χ0v) is 18.5. The van der Waals surface area contributed by atoms with Crippen molar-refractivity contribution in [1.29, 1.82) is 5.41 Å². The molecule has 4 aromatic rings. The van der Waals surface area contributed by atoms with Crippen LogP contribution in [0.2, 0.25) is 5.02 Å². The molecule has 0 atom stereocenters. The Hall–Kier alpha value is -4.11. The summed E-state index contributed by atoms with van der Waals surface area (Å²) in [7, 11) is 1.91. The Morgan fingerprint density at radius 2 is 2.12 bits per heavy atom. The molecule has 0 saturated heterocycles. The van der Waals surface area contributed by atoms with Gasteiger partial charge in [0.15, 0.2) is 0 Å². The number of hydrogen-bond donors (Lipinski definition) is 4. The molecule has 2 aromatic carbocycles. The van der Waals surface area contributed by atoms with Gasteiger partial charge in [-0.3, -0.25) is 4.68 Å². The Balaban J connectivity index is 1.37. The van der Waals surface area contributed by atoms with Gasteiger partial charge in [0.2, 0.25) is 0 Å². The van der Waals surface area contributed by atoms with Gasteiger partial charge in [-0.25, -0.2) is 0 Å². The van der Waals surface area contributed by atoms with Gasteiger partial charge in [-0.1, -0.05) is 17.7 Å². The molecule has 0 amide bonds. The van der Waals surface area contributed by atoms with E-state index in [1.54, 1.807) is 16.8 Å². The predicted octanol–water partition coefficient (Wildman–Crippen LogP) is 5.06. The lowest BCUT2D eigenvalue weighted by Crippen LogP contribution is -1.99. The molecule has 1 saturated carbocycles. The van der Waals surface area contributed by atoms with Crippen LogP contribution >= 0.6 is 11.6 Å². The Bertz CT molecular complexity index is 1380. The second-order valence-electron chi connectivity index (χ2n) is 7.71. The number of aromatic nitrogens is 4. The van der Waals surface area contributed by atoms with Crippen LogP contribution in [0.1, 0.15) is 24.0 Å². The number of nitrogens with two attached hydrogens (primary N) is 1. The van der Waals surface area contributed by atoms with Gasteiger partial charge >= 0.3 is 0 Å². The highest BCUT2D eigenvalue weighted by atomic mass is 35.5. The third kappa shape index (κ3) is 4.31. The van der Waals surface area contributed by atoms with E-state index < -0.39 is 0 Å². The lowest BCUT2D eigenvalue weighted by molar-refractivity contribution is 0.433. The van der Waals surface area contributed by atoms with Gasteiger partial charge in [-0.05, 0) is 53.9 Å². The summed E-state index contributed by atoms with van der Waals surface area (Å²) in [6, 6.07) is 11.2. The van der Waals surface area contributed by atoms with Gasteiger partial charge in [0.1, 0.15) is 0 Å². The number of rotatable bonds is 7. The van der Waals surface area contributed by atoms with Crippen LogP contribution in [-0.2, 0) is 7.05 Å². The summed E-state index contributed by atoms with van der Waals surface area (Å²) in [4.78, 5) is 4.44. The minimum atomic E-state index is 0.252. The Labute approximate surface area is 194 Å². The first kappa shape index (κ1) is 20.8. The predicted molar refractivity (Wildman–Crippen MR) is 130 cm³/mol. The smallest absolute Gasteiger partial charge is 0.268 e. The molecule has 33 heavy (non-hydrogen) atoms. The van der Waals surface area contributed by atoms with Crippen molar-refractivity contribution in [1.82, 2.24) is 19.9 Å². The molecule has 166 valence electrons. The van der Waals surface area contributed by atoms with Crippen molar-refractivity contribution in [3.63, 3.8) is 0 Å². The van der Waals surface area contributed by atoms with Gasteiger partial charge in [-0.2, -0.15) is 10.1 Å². The number of anilines is 4. The Morgan fingerprint density at radius 3 is 2.85 bits per heavy atom. The van der Waals surface area contributed by atoms with Crippen LogP contribution in [0.3, 0.4) is 0 Å². The molecular weight excluding hydrogens is 440 g/mol. The number of benzene rings is 2. The molecule has 5 rings (SSSR count). The minimum Gasteiger partial charge on any atom is -0.398 e. The molecule has 0 spiro atoms. The van der Waals surface area contributed by atoms with Crippen LogP contribution < -0.4 is 16.4 Å². The minimum absolute atomic E-state index is 0.252. The Kier molecular flexibility index (Phi) is 5.31. The van der Waals surface area contributed by atoms with E-state index in [4.69, 9.17) is 27.3 Å². The second kappa shape index (κ2) is 8.44. The summed E-state index contributed by atoms with van der Waals surface area (Å²) < 4.78 is 7.25. The van der Waals surface area contributed by atoms with Gasteiger partial charge < -0.3 is 26.3 Å². The second-order valence-corrected chi connectivity index (χ2v) is 8.09. The molecular formula is C23H21ClN8O. The zero-order valence-electron chi connectivity index (χ0n) is 17.8. The summed E-state index contributed by atoms with van der Waals surface area (Å²) in [5, 5.41) is 22.6. The molecule has 5 N–H and O–H groups in total. The fourth-order valence-corrected chi connectivity index (χ4v) is 3.74. The monoisotopic (exact) mass is 460 g/mol. The normalized spacial score (nSPS) is 12.5. The van der Waals surface area contributed by atoms with Crippen molar-refractivity contribution in [2.75, 3.05) is 16.4 Å². The third-order valence-corrected chi connectivity index (χ3v) is 5.66. The highest BCUT2D eigenvalue weighted by Gasteiger charge is 2.20. The highest BCUT2D eigenvalue weighted by molar-refractivity contribution is 6.36. The first-order valence-corrected chi connectivity index (χ1v) is 10.7. The van der Waals surface area contributed by atoms with Gasteiger partial charge in [-0.15, -0.1) is 0 Å². The maximum atomic E-state index is 7.49. The highest BCUT2D eigenvalue weighted by Crippen LogP contribution is 2.37. The molecule has 0 bridgehead atoms. The molecule has 0 radical (unpaired) electrons. The maximum absolute atomic E-state index is 7.49. The van der Waals surface area contributed by atoms with Gasteiger partial charge in [0, 0.05) is 53.2 Å². The summed E-state index contributed by atoms with van der Waals surface area (Å²) in [5.41, 5.74) is 12.5. The van der Waals surface area contributed by atoms with Crippen molar-refractivity contribution >= 4 is 46.5 Å². The summed E-state index contributed by atoms with van der Waals surface area (Å²) >= 11 is 6.34. The van der Waals surface area contributed by atoms with E-state index in [0.717, 1.165) is 41.6 Å². The van der Waals surface area contributed by atoms with Crippen LogP contribution in [-0.4, -0.2) is 26.1 Å². The van der Waals surface area contributed by atoms with E-state index in [1.165, 1.54) is 5.57 Å². The molecule has 0 unspecified atom stereocenters. The number of nitrogens with one attached hydrogen (secondary N) is 3. The number of allylic oxidation sites excluding steroid dienone is 1. The van der Waals surface area contributed by atoms with Crippen molar-refractivity contribution in [2.45, 2.75) is 12.8 Å². The molecule has 1 aliphatic rings. The third-order valence-electron chi connectivity index (χ3n) is 5.26. The van der Waals surface area contributed by atoms with E-state index in [2.05, 4.69) is 25.9 Å². The topological polar surface area (TPSA) is 131 Å². The fourth-order valence-electron chi connectivity index (χ4n) is 3.46. The van der Waals surface area contributed by atoms with Crippen LogP contribution in [0.4, 0.5) is 23.0 Å². The first-order chi connectivity index (χ1) is 16.0. The lowest BCUT2D eigenvalue weighted by atomic mass is 10.1. The van der Waals surface area contributed by atoms with E-state index in [9.17, 15) is 0 Å². The summed E-state index contributed by atoms with van der Waals surface area (Å²) in [6.07, 6.45) is 7.14. The van der Waals surface area contributed by atoms with Crippen LogP contribution in [0, 0.1) is 5.41 Å². The average molecular weight is 461 g/mol. The summed E-state index contributed by atoms with van der Waals surface area (Å²) in [5.74, 6) is 0.615. The van der Waals surface area contributed by atoms with Gasteiger partial charge in [0.05, 0.1) is 16.9 Å². The van der Waals surface area contributed by atoms with Crippen molar-refractivity contribution in [3.05, 3.63) is 70.5 Å². The molecule has 2 heterocycles. The molecule has 9 nitrogen and oxygen atoms in total. The van der Waals surface area contributed by atoms with Crippen molar-refractivity contribution in [2.24, 2.45) is 7.05 Å². The molecule has 1 fully saturated rings. The number of aryl methyl sites for hydroxylation is 1. The zero-order chi connectivity index (χ0) is 22.9. The Morgan fingerprint density at radius 1 is 1.27 bits per heavy atom. The summed E-state index contributed by atoms with van der Waals surface area (Å²) in [6.45, 7) is 0. The van der Waals surface area contributed by atoms with E-state index in [1.807, 2.05) is 43.7 Å². The van der Waals surface area contributed by atoms with Crippen LogP contribution in [0.5, 0.6) is 0 Å². The van der Waals surface area contributed by atoms with Crippen LogP contribution in [0.15, 0.2) is 58.9 Å². The van der Waals surface area contributed by atoms with E-state index in [-0.39, 0.29) is 5.95 Å². The standard InChI is InChI=1S/C23H21ClN8O/c1-32-12-15(11-27-32)21(13-5-6-13)28-16-4-2-3-14(9-16)22-30-23(31-33-22)29-19-8-7-18(26)17(10-25)20(19)24/h2-4,7-12,25,28H,5-6,26H2,1H3,(H,29,31). The van der Waals surface area contributed by atoms with E-state index in [0.29, 0.717) is 27.9 Å². The maximum Gasteiger partial charge on any atom is 0.268 e. The first-order valence-electron chi connectivity index (χ1n) is 10.3. The number of hydrogen-bond acceptors (Lipinski definition) is 8. The number of nitrogens with zero attached hydrogens (tertiary/aromatic N) is 4. The number of halogens is 1. The van der Waals surface area contributed by atoms with Crippen molar-refractivity contribution < 1.29 is 4.52 Å². The quantitative estimate of drug-likeness (QED) is 0.224.